The third-order valence-corrected chi connectivity index (χ3v) is 4.11. The molecule has 0 spiro atoms. The lowest BCUT2D eigenvalue weighted by atomic mass is 10.2. The van der Waals surface area contributed by atoms with Crippen molar-refractivity contribution >= 4 is 35.0 Å². The van der Waals surface area contributed by atoms with Crippen LogP contribution in [0.1, 0.15) is 10.4 Å². The number of ether oxygens (including phenoxy) is 2. The molecule has 0 bridgehead atoms. The Hall–Kier alpha value is -3.07. The summed E-state index contributed by atoms with van der Waals surface area (Å²) in [6, 6.07) is 10.8. The molecule has 8 nitrogen and oxygen atoms in total. The van der Waals surface area contributed by atoms with Crippen molar-refractivity contribution in [3.05, 3.63) is 58.1 Å². The second kappa shape index (κ2) is 8.86. The lowest BCUT2D eigenvalue weighted by molar-refractivity contribution is -0.387. The van der Waals surface area contributed by atoms with Crippen LogP contribution in [0.3, 0.4) is 0 Å². The quantitative estimate of drug-likeness (QED) is 0.342. The summed E-state index contributed by atoms with van der Waals surface area (Å²) in [4.78, 5) is 34.9. The first-order chi connectivity index (χ1) is 12.5. The number of carbonyl (C=O) groups excluding carboxylic acids is 2. The van der Waals surface area contributed by atoms with Gasteiger partial charge in [0.05, 0.1) is 28.2 Å². The number of methoxy groups -OCH3 is 1. The summed E-state index contributed by atoms with van der Waals surface area (Å²) in [6.07, 6.45) is 1.70. The van der Waals surface area contributed by atoms with Gasteiger partial charge in [0.25, 0.3) is 11.6 Å². The first-order valence-electron chi connectivity index (χ1n) is 7.38. The normalized spacial score (nSPS) is 10.1. The van der Waals surface area contributed by atoms with E-state index < -0.39 is 23.4 Å². The molecule has 0 heterocycles. The molecule has 0 fully saturated rings. The Morgan fingerprint density at radius 3 is 2.62 bits per heavy atom. The number of rotatable bonds is 7. The number of nitro benzene ring substituents is 1. The Morgan fingerprint density at radius 2 is 1.96 bits per heavy atom. The van der Waals surface area contributed by atoms with Gasteiger partial charge in [-0.2, -0.15) is 0 Å². The van der Waals surface area contributed by atoms with E-state index in [9.17, 15) is 19.7 Å². The summed E-state index contributed by atoms with van der Waals surface area (Å²) in [5.41, 5.74) is 0.251. The molecule has 0 atom stereocenters. The van der Waals surface area contributed by atoms with Crippen LogP contribution in [-0.2, 0) is 9.53 Å². The fourth-order valence-corrected chi connectivity index (χ4v) is 2.65. The zero-order valence-electron chi connectivity index (χ0n) is 14.1. The Bertz CT molecular complexity index is 840. The van der Waals surface area contributed by atoms with Crippen LogP contribution in [-0.4, -0.2) is 36.8 Å². The SMILES string of the molecule is COc1ccccc1NC(=O)COC(=O)c1ccc(SC)c([N+](=O)[O-])c1. The number of carbonyl (C=O) groups is 2. The van der Waals surface area contributed by atoms with Gasteiger partial charge in [-0.3, -0.25) is 14.9 Å². The van der Waals surface area contributed by atoms with Crippen molar-refractivity contribution in [1.29, 1.82) is 0 Å². The second-order valence-corrected chi connectivity index (χ2v) is 5.82. The van der Waals surface area contributed by atoms with E-state index in [0.29, 0.717) is 16.3 Å². The monoisotopic (exact) mass is 376 g/mol. The molecule has 0 aliphatic rings. The molecule has 1 N–H and O–H groups in total. The van der Waals surface area contributed by atoms with Gasteiger partial charge < -0.3 is 14.8 Å². The van der Waals surface area contributed by atoms with Crippen molar-refractivity contribution < 1.29 is 24.0 Å². The van der Waals surface area contributed by atoms with Gasteiger partial charge in [0.15, 0.2) is 6.61 Å². The number of nitro groups is 1. The van der Waals surface area contributed by atoms with Crippen LogP contribution in [0, 0.1) is 10.1 Å². The van der Waals surface area contributed by atoms with E-state index >= 15 is 0 Å². The van der Waals surface area contributed by atoms with Gasteiger partial charge in [-0.05, 0) is 30.5 Å². The molecule has 0 aliphatic heterocycles. The van der Waals surface area contributed by atoms with Gasteiger partial charge in [-0.25, -0.2) is 4.79 Å². The van der Waals surface area contributed by atoms with Crippen LogP contribution < -0.4 is 10.1 Å². The molecule has 0 unspecified atom stereocenters. The number of amides is 1. The third-order valence-electron chi connectivity index (χ3n) is 3.33. The lowest BCUT2D eigenvalue weighted by Crippen LogP contribution is -2.21. The highest BCUT2D eigenvalue weighted by atomic mass is 32.2. The maximum absolute atomic E-state index is 12.0. The number of nitrogens with one attached hydrogen (secondary N) is 1. The standard InChI is InChI=1S/C17H16N2O6S/c1-24-14-6-4-3-5-12(14)18-16(20)10-25-17(21)11-7-8-15(26-2)13(9-11)19(22)23/h3-9H,10H2,1-2H3,(H,18,20). The summed E-state index contributed by atoms with van der Waals surface area (Å²) in [6.45, 7) is -0.533. The highest BCUT2D eigenvalue weighted by molar-refractivity contribution is 7.98. The average molecular weight is 376 g/mol. The Kier molecular flexibility index (Phi) is 6.56. The number of hydrogen-bond donors (Lipinski definition) is 1. The molecule has 0 aliphatic carbocycles. The van der Waals surface area contributed by atoms with Gasteiger partial charge in [0, 0.05) is 6.07 Å². The molecular weight excluding hydrogens is 360 g/mol. The molecule has 1 amide bonds. The van der Waals surface area contributed by atoms with E-state index in [4.69, 9.17) is 9.47 Å². The van der Waals surface area contributed by atoms with Crippen molar-refractivity contribution in [2.75, 3.05) is 25.3 Å². The summed E-state index contributed by atoms with van der Waals surface area (Å²) < 4.78 is 10.0. The minimum atomic E-state index is -0.823. The number of thioether (sulfide) groups is 1. The minimum Gasteiger partial charge on any atom is -0.495 e. The molecular formula is C17H16N2O6S. The predicted molar refractivity (Wildman–Crippen MR) is 96.8 cm³/mol. The third kappa shape index (κ3) is 4.73. The van der Waals surface area contributed by atoms with E-state index in [2.05, 4.69) is 5.32 Å². The summed E-state index contributed by atoms with van der Waals surface area (Å²) >= 11 is 1.20. The number of anilines is 1. The Morgan fingerprint density at radius 1 is 1.23 bits per heavy atom. The van der Waals surface area contributed by atoms with Gasteiger partial charge in [0.1, 0.15) is 5.75 Å². The van der Waals surface area contributed by atoms with Crippen LogP contribution in [0.4, 0.5) is 11.4 Å². The van der Waals surface area contributed by atoms with Crippen molar-refractivity contribution in [2.45, 2.75) is 4.90 Å². The Labute approximate surface area is 153 Å². The molecule has 0 saturated carbocycles. The van der Waals surface area contributed by atoms with Crippen LogP contribution in [0.25, 0.3) is 0 Å². The summed E-state index contributed by atoms with van der Waals surface area (Å²) in [5, 5.41) is 13.6. The summed E-state index contributed by atoms with van der Waals surface area (Å²) in [7, 11) is 1.47. The fraction of sp³-hybridized carbons (Fsp3) is 0.176. The number of esters is 1. The van der Waals surface area contributed by atoms with Gasteiger partial charge in [-0.1, -0.05) is 12.1 Å². The zero-order chi connectivity index (χ0) is 19.1. The highest BCUT2D eigenvalue weighted by Gasteiger charge is 2.18. The molecule has 136 valence electrons. The molecule has 0 saturated heterocycles. The maximum atomic E-state index is 12.0. The van der Waals surface area contributed by atoms with E-state index in [1.165, 1.54) is 31.0 Å². The van der Waals surface area contributed by atoms with Gasteiger partial charge in [0.2, 0.25) is 0 Å². The summed E-state index contributed by atoms with van der Waals surface area (Å²) in [5.74, 6) is -0.913. The van der Waals surface area contributed by atoms with Crippen LogP contribution >= 0.6 is 11.8 Å². The lowest BCUT2D eigenvalue weighted by Gasteiger charge is -2.10. The predicted octanol–water partition coefficient (Wildman–Crippen LogP) is 3.12. The number of para-hydroxylation sites is 2. The minimum absolute atomic E-state index is 0.000378. The molecule has 26 heavy (non-hydrogen) atoms. The van der Waals surface area contributed by atoms with E-state index in [1.54, 1.807) is 30.5 Å². The Balaban J connectivity index is 2.01. The first kappa shape index (κ1) is 19.3. The van der Waals surface area contributed by atoms with Crippen molar-refractivity contribution in [2.24, 2.45) is 0 Å². The second-order valence-electron chi connectivity index (χ2n) is 4.97. The molecule has 2 aromatic carbocycles. The molecule has 0 aromatic heterocycles. The smallest absolute Gasteiger partial charge is 0.338 e. The van der Waals surface area contributed by atoms with E-state index in [1.807, 2.05) is 0 Å². The largest absolute Gasteiger partial charge is 0.495 e. The molecule has 0 radical (unpaired) electrons. The first-order valence-corrected chi connectivity index (χ1v) is 8.61. The average Bonchev–Trinajstić information content (AvgIpc) is 2.65. The highest BCUT2D eigenvalue weighted by Crippen LogP contribution is 2.28. The number of hydrogen-bond acceptors (Lipinski definition) is 7. The van der Waals surface area contributed by atoms with Crippen molar-refractivity contribution in [3.8, 4) is 5.75 Å². The van der Waals surface area contributed by atoms with Gasteiger partial charge >= 0.3 is 5.97 Å². The van der Waals surface area contributed by atoms with Crippen molar-refractivity contribution in [3.63, 3.8) is 0 Å². The zero-order valence-corrected chi connectivity index (χ0v) is 14.9. The van der Waals surface area contributed by atoms with Crippen LogP contribution in [0.5, 0.6) is 5.75 Å². The maximum Gasteiger partial charge on any atom is 0.338 e. The number of nitrogens with zero attached hydrogens (tertiary/aromatic N) is 1. The molecule has 2 aromatic rings. The fourth-order valence-electron chi connectivity index (χ4n) is 2.11. The van der Waals surface area contributed by atoms with Crippen molar-refractivity contribution in [1.82, 2.24) is 0 Å². The van der Waals surface area contributed by atoms with Crippen LogP contribution in [0.2, 0.25) is 0 Å². The van der Waals surface area contributed by atoms with E-state index in [-0.39, 0.29) is 11.3 Å². The topological polar surface area (TPSA) is 108 Å². The molecule has 9 heteroatoms. The molecule has 2 rings (SSSR count). The van der Waals surface area contributed by atoms with E-state index in [0.717, 1.165) is 6.07 Å². The van der Waals surface area contributed by atoms with Crippen LogP contribution in [0.15, 0.2) is 47.4 Å². The van der Waals surface area contributed by atoms with Gasteiger partial charge in [-0.15, -0.1) is 11.8 Å². The number of benzene rings is 2.